The highest BCUT2D eigenvalue weighted by atomic mass is 16.2. The number of primary amides is 1. The van der Waals surface area contributed by atoms with Gasteiger partial charge in [0.1, 0.15) is 17.8 Å². The molecule has 5 N–H and O–H groups in total. The van der Waals surface area contributed by atoms with Crippen LogP contribution in [0.1, 0.15) is 91.1 Å². The number of nitrogens with two attached hydrogens (primary N) is 1. The second kappa shape index (κ2) is 15.0. The van der Waals surface area contributed by atoms with E-state index < -0.39 is 59.1 Å². The molecule has 45 heavy (non-hydrogen) atoms. The van der Waals surface area contributed by atoms with Crippen LogP contribution >= 0.6 is 0 Å². The summed E-state index contributed by atoms with van der Waals surface area (Å²) in [6.45, 7) is 13.5. The normalized spacial score (nSPS) is 20.3. The molecule has 1 aliphatic carbocycles. The van der Waals surface area contributed by atoms with E-state index in [9.17, 15) is 28.8 Å². The van der Waals surface area contributed by atoms with E-state index in [2.05, 4.69) is 20.9 Å². The number of pyridine rings is 1. The van der Waals surface area contributed by atoms with E-state index in [4.69, 9.17) is 5.73 Å². The lowest BCUT2D eigenvalue weighted by Gasteiger charge is -2.37. The fraction of sp³-hybridized carbons (Fsp3) is 0.667. The molecule has 0 radical (unpaired) electrons. The van der Waals surface area contributed by atoms with Gasteiger partial charge in [0, 0.05) is 25.2 Å². The van der Waals surface area contributed by atoms with E-state index in [-0.39, 0.29) is 35.9 Å². The highest BCUT2D eigenvalue weighted by Gasteiger charge is 2.48. The zero-order valence-corrected chi connectivity index (χ0v) is 27.6. The van der Waals surface area contributed by atoms with Crippen molar-refractivity contribution >= 4 is 35.3 Å². The van der Waals surface area contributed by atoms with Gasteiger partial charge in [-0.3, -0.25) is 29.0 Å². The van der Waals surface area contributed by atoms with E-state index in [1.54, 1.807) is 18.2 Å². The van der Waals surface area contributed by atoms with Crippen LogP contribution in [0.15, 0.2) is 24.4 Å². The van der Waals surface area contributed by atoms with Crippen molar-refractivity contribution in [2.45, 2.75) is 105 Å². The van der Waals surface area contributed by atoms with Gasteiger partial charge in [-0.05, 0) is 54.1 Å². The minimum Gasteiger partial charge on any atom is -0.363 e. The first-order valence-corrected chi connectivity index (χ1v) is 16.0. The average molecular weight is 627 g/mol. The van der Waals surface area contributed by atoms with Crippen LogP contribution in [0.4, 0.5) is 4.79 Å². The molecule has 1 aliphatic heterocycles. The number of urea groups is 1. The van der Waals surface area contributed by atoms with Crippen LogP contribution in [0.5, 0.6) is 0 Å². The Morgan fingerprint density at radius 2 is 1.64 bits per heavy atom. The third kappa shape index (κ3) is 9.58. The van der Waals surface area contributed by atoms with Gasteiger partial charge < -0.3 is 26.6 Å². The maximum Gasteiger partial charge on any atom is 0.315 e. The number of rotatable bonds is 14. The van der Waals surface area contributed by atoms with Crippen molar-refractivity contribution < 1.29 is 28.8 Å². The fourth-order valence-electron chi connectivity index (χ4n) is 5.89. The summed E-state index contributed by atoms with van der Waals surface area (Å²) in [5, 5.41) is 8.45. The number of carbonyl (C=O) groups excluding carboxylic acids is 6. The molecule has 5 atom stereocenters. The number of hydrogen-bond donors (Lipinski definition) is 4. The Balaban J connectivity index is 1.79. The van der Waals surface area contributed by atoms with E-state index in [0.717, 1.165) is 12.8 Å². The predicted molar refractivity (Wildman–Crippen MR) is 169 cm³/mol. The standard InChI is InChI=1S/C33H50N6O6/c1-18(2)21-13-15-39(26(21)30(43)36-24(16-20-11-12-20)27(41)29(34)42)31(44)28(33(5,6)7)38-32(45)37-23(19(3)4)17-25(40)22-10-8-9-14-35-22/h8-10,14,18-21,23-24,26,28H,11-13,15-17H2,1-7H3,(H2,34,42)(H,36,43)(H2,37,38,45)/t21-,23-,24?,26?,28-/m1/s1. The summed E-state index contributed by atoms with van der Waals surface area (Å²) in [6, 6.07) is 1.00. The molecule has 1 saturated carbocycles. The molecule has 5 amide bonds. The molecule has 0 spiro atoms. The summed E-state index contributed by atoms with van der Waals surface area (Å²) in [4.78, 5) is 84.1. The molecule has 12 heteroatoms. The highest BCUT2D eigenvalue weighted by Crippen LogP contribution is 2.35. The van der Waals surface area contributed by atoms with Crippen LogP contribution in [0.2, 0.25) is 0 Å². The van der Waals surface area contributed by atoms with Crippen LogP contribution in [-0.4, -0.2) is 75.9 Å². The zero-order valence-electron chi connectivity index (χ0n) is 27.6. The van der Waals surface area contributed by atoms with Gasteiger partial charge >= 0.3 is 6.03 Å². The molecule has 1 aromatic rings. The topological polar surface area (TPSA) is 181 Å². The number of nitrogens with zero attached hydrogens (tertiary/aromatic N) is 2. The third-order valence-electron chi connectivity index (χ3n) is 8.86. The van der Waals surface area contributed by atoms with Crippen LogP contribution in [0, 0.1) is 29.1 Å². The predicted octanol–water partition coefficient (Wildman–Crippen LogP) is 2.61. The number of likely N-dealkylation sites (tertiary alicyclic amines) is 1. The molecule has 0 aromatic carbocycles. The number of nitrogens with one attached hydrogen (secondary N) is 3. The summed E-state index contributed by atoms with van der Waals surface area (Å²) < 4.78 is 0. The lowest BCUT2D eigenvalue weighted by Crippen LogP contribution is -2.61. The van der Waals surface area contributed by atoms with E-state index >= 15 is 0 Å². The molecular formula is C33H50N6O6. The zero-order chi connectivity index (χ0) is 33.6. The van der Waals surface area contributed by atoms with Gasteiger partial charge in [-0.25, -0.2) is 4.79 Å². The number of aromatic nitrogens is 1. The molecule has 2 fully saturated rings. The summed E-state index contributed by atoms with van der Waals surface area (Å²) in [5.41, 5.74) is 4.86. The van der Waals surface area contributed by atoms with Crippen molar-refractivity contribution in [3.63, 3.8) is 0 Å². The van der Waals surface area contributed by atoms with Crippen LogP contribution in [0.25, 0.3) is 0 Å². The summed E-state index contributed by atoms with van der Waals surface area (Å²) in [7, 11) is 0. The molecule has 248 valence electrons. The number of amides is 5. The minimum atomic E-state index is -1.11. The maximum atomic E-state index is 14.2. The van der Waals surface area contributed by atoms with E-state index in [0.29, 0.717) is 25.1 Å². The number of ketones is 2. The molecule has 12 nitrogen and oxygen atoms in total. The number of hydrogen-bond acceptors (Lipinski definition) is 7. The molecule has 0 bridgehead atoms. The van der Waals surface area contributed by atoms with Crippen molar-refractivity contribution in [2.24, 2.45) is 34.8 Å². The highest BCUT2D eigenvalue weighted by molar-refractivity contribution is 6.37. The molecule has 2 heterocycles. The van der Waals surface area contributed by atoms with Crippen molar-refractivity contribution in [3.8, 4) is 0 Å². The smallest absolute Gasteiger partial charge is 0.315 e. The Kier molecular flexibility index (Phi) is 11.9. The van der Waals surface area contributed by atoms with Gasteiger partial charge in [0.05, 0.1) is 6.04 Å². The van der Waals surface area contributed by atoms with Gasteiger partial charge in [0.2, 0.25) is 17.6 Å². The van der Waals surface area contributed by atoms with Gasteiger partial charge in [-0.2, -0.15) is 0 Å². The largest absolute Gasteiger partial charge is 0.363 e. The van der Waals surface area contributed by atoms with Gasteiger partial charge in [0.25, 0.3) is 5.91 Å². The van der Waals surface area contributed by atoms with Gasteiger partial charge in [-0.1, -0.05) is 67.4 Å². The molecule has 1 saturated heterocycles. The van der Waals surface area contributed by atoms with Crippen molar-refractivity contribution in [3.05, 3.63) is 30.1 Å². The second-order valence-corrected chi connectivity index (χ2v) is 14.3. The number of carbonyl (C=O) groups is 6. The fourth-order valence-corrected chi connectivity index (χ4v) is 5.89. The summed E-state index contributed by atoms with van der Waals surface area (Å²) in [5.74, 6) is -3.10. The molecule has 3 rings (SSSR count). The van der Waals surface area contributed by atoms with Crippen LogP contribution < -0.4 is 21.7 Å². The molecule has 2 unspecified atom stereocenters. The maximum absolute atomic E-state index is 14.2. The second-order valence-electron chi connectivity index (χ2n) is 14.3. The first-order valence-electron chi connectivity index (χ1n) is 16.0. The Morgan fingerprint density at radius 3 is 2.16 bits per heavy atom. The molecular weight excluding hydrogens is 576 g/mol. The summed E-state index contributed by atoms with van der Waals surface area (Å²) in [6.07, 6.45) is 4.29. The monoisotopic (exact) mass is 626 g/mol. The average Bonchev–Trinajstić information content (AvgIpc) is 3.67. The molecule has 2 aliphatic rings. The minimum absolute atomic E-state index is 0.0344. The van der Waals surface area contributed by atoms with Crippen molar-refractivity contribution in [2.75, 3.05) is 6.54 Å². The Morgan fingerprint density at radius 1 is 0.978 bits per heavy atom. The Bertz CT molecular complexity index is 1260. The van der Waals surface area contributed by atoms with Crippen LogP contribution in [0.3, 0.4) is 0 Å². The lowest BCUT2D eigenvalue weighted by molar-refractivity contribution is -0.144. The first-order chi connectivity index (χ1) is 21.0. The Labute approximate surface area is 266 Å². The SMILES string of the molecule is CC(C)[C@H]1CCN(C(=O)[C@@H](NC(=O)N[C@H](CC(=O)c2ccccn2)C(C)C)C(C)(C)C)C1C(=O)NC(CC1CC1)C(=O)C(N)=O. The Hall–Kier alpha value is -3.83. The van der Waals surface area contributed by atoms with E-state index in [1.165, 1.54) is 11.1 Å². The van der Waals surface area contributed by atoms with Crippen molar-refractivity contribution in [1.82, 2.24) is 25.8 Å². The van der Waals surface area contributed by atoms with Gasteiger partial charge in [0.15, 0.2) is 5.78 Å². The molecule has 1 aromatic heterocycles. The quantitative estimate of drug-likeness (QED) is 0.181. The lowest BCUT2D eigenvalue weighted by atomic mass is 9.84. The first kappa shape index (κ1) is 35.6. The van der Waals surface area contributed by atoms with E-state index in [1.807, 2.05) is 48.5 Å². The van der Waals surface area contributed by atoms with Crippen molar-refractivity contribution in [1.29, 1.82) is 0 Å². The summed E-state index contributed by atoms with van der Waals surface area (Å²) >= 11 is 0. The van der Waals surface area contributed by atoms with Gasteiger partial charge in [-0.15, -0.1) is 0 Å². The third-order valence-corrected chi connectivity index (χ3v) is 8.86. The number of Topliss-reactive ketones (excluding diaryl/α,β-unsaturated/α-hetero) is 2. The van der Waals surface area contributed by atoms with Crippen LogP contribution in [-0.2, 0) is 19.2 Å².